The van der Waals surface area contributed by atoms with Gasteiger partial charge in [-0.05, 0) is 38.1 Å². The van der Waals surface area contributed by atoms with E-state index in [1.165, 1.54) is 33.4 Å². The number of nitrogens with zero attached hydrogens (tertiary/aromatic N) is 1. The summed E-state index contributed by atoms with van der Waals surface area (Å²) in [4.78, 5) is 12.4. The van der Waals surface area contributed by atoms with Gasteiger partial charge in [0, 0.05) is 24.9 Å². The largest absolute Gasteiger partial charge is 0.497 e. The molecule has 0 saturated heterocycles. The molecule has 170 valence electrons. The molecular weight excluding hydrogens is 424 g/mol. The van der Waals surface area contributed by atoms with Crippen LogP contribution in [0.2, 0.25) is 0 Å². The Morgan fingerprint density at radius 3 is 2.19 bits per heavy atom. The lowest BCUT2D eigenvalue weighted by Gasteiger charge is -2.19. The molecule has 0 aliphatic carbocycles. The molecule has 0 aliphatic heterocycles. The summed E-state index contributed by atoms with van der Waals surface area (Å²) in [6, 6.07) is 9.41. The number of hydrogen-bond acceptors (Lipinski definition) is 7. The summed E-state index contributed by atoms with van der Waals surface area (Å²) in [7, 11) is 0.111. The second-order valence-electron chi connectivity index (χ2n) is 6.35. The van der Waals surface area contributed by atoms with Crippen molar-refractivity contribution >= 4 is 21.6 Å². The topological polar surface area (TPSA) is 103 Å². The molecule has 31 heavy (non-hydrogen) atoms. The van der Waals surface area contributed by atoms with Crippen LogP contribution in [0.15, 0.2) is 41.3 Å². The van der Waals surface area contributed by atoms with Crippen molar-refractivity contribution in [2.45, 2.75) is 18.7 Å². The summed E-state index contributed by atoms with van der Waals surface area (Å²) >= 11 is 0. The average Bonchev–Trinajstić information content (AvgIpc) is 2.75. The highest BCUT2D eigenvalue weighted by molar-refractivity contribution is 7.89. The van der Waals surface area contributed by atoms with Crippen LogP contribution in [-0.4, -0.2) is 59.7 Å². The van der Waals surface area contributed by atoms with E-state index in [1.54, 1.807) is 24.3 Å². The van der Waals surface area contributed by atoms with Gasteiger partial charge < -0.3 is 24.3 Å². The Hall–Kier alpha value is -2.98. The van der Waals surface area contributed by atoms with Crippen molar-refractivity contribution in [3.8, 4) is 23.0 Å². The Morgan fingerprint density at radius 1 is 0.935 bits per heavy atom. The first-order valence-corrected chi connectivity index (χ1v) is 11.1. The number of ether oxygens (including phenoxy) is 4. The second-order valence-corrected chi connectivity index (χ2v) is 8.37. The Kier molecular flexibility index (Phi) is 8.52. The molecule has 1 amide bonds. The highest BCUT2D eigenvalue weighted by atomic mass is 32.2. The minimum Gasteiger partial charge on any atom is -0.497 e. The quantitative estimate of drug-likeness (QED) is 0.559. The number of carbonyl (C=O) groups is 1. The summed E-state index contributed by atoms with van der Waals surface area (Å²) in [6.07, 6.45) is 0. The van der Waals surface area contributed by atoms with E-state index in [0.29, 0.717) is 36.1 Å². The number of rotatable bonds is 11. The third kappa shape index (κ3) is 6.02. The molecule has 1 N–H and O–H groups in total. The molecule has 0 atom stereocenters. The summed E-state index contributed by atoms with van der Waals surface area (Å²) in [5.74, 6) is 1.05. The third-order valence-corrected chi connectivity index (χ3v) is 6.08. The number of methoxy groups -OCH3 is 2. The Balaban J connectivity index is 2.18. The molecule has 2 rings (SSSR count). The van der Waals surface area contributed by atoms with Crippen LogP contribution >= 0.6 is 0 Å². The van der Waals surface area contributed by atoms with E-state index in [0.717, 1.165) is 4.31 Å². The number of benzene rings is 2. The number of anilines is 1. The number of carbonyl (C=O) groups excluding carboxylic acids is 1. The molecule has 0 aromatic heterocycles. The lowest BCUT2D eigenvalue weighted by molar-refractivity contribution is -0.116. The standard InChI is InChI=1S/C21H28N2O7S/c1-6-29-17-10-8-15(12-19(17)30-7-2)22-21(24)14-23(3)31(25,26)20-13-16(27-4)9-11-18(20)28-5/h8-13H,6-7,14H2,1-5H3,(H,22,24). The Morgan fingerprint density at radius 2 is 1.58 bits per heavy atom. The average molecular weight is 453 g/mol. The summed E-state index contributed by atoms with van der Waals surface area (Å²) in [5, 5.41) is 2.68. The third-order valence-electron chi connectivity index (χ3n) is 4.25. The lowest BCUT2D eigenvalue weighted by Crippen LogP contribution is -2.35. The smallest absolute Gasteiger partial charge is 0.247 e. The second kappa shape index (κ2) is 10.9. The van der Waals surface area contributed by atoms with E-state index >= 15 is 0 Å². The van der Waals surface area contributed by atoms with Crippen LogP contribution in [0.5, 0.6) is 23.0 Å². The molecule has 0 aliphatic rings. The molecule has 10 heteroatoms. The van der Waals surface area contributed by atoms with Crippen LogP contribution in [0.4, 0.5) is 5.69 Å². The fourth-order valence-corrected chi connectivity index (χ4v) is 4.06. The van der Waals surface area contributed by atoms with Crippen molar-refractivity contribution in [1.29, 1.82) is 0 Å². The SMILES string of the molecule is CCOc1ccc(NC(=O)CN(C)S(=O)(=O)c2cc(OC)ccc2OC)cc1OCC. The monoisotopic (exact) mass is 452 g/mol. The fourth-order valence-electron chi connectivity index (χ4n) is 2.77. The van der Waals surface area contributed by atoms with Gasteiger partial charge in [-0.2, -0.15) is 4.31 Å². The van der Waals surface area contributed by atoms with E-state index in [-0.39, 0.29) is 10.6 Å². The lowest BCUT2D eigenvalue weighted by atomic mass is 10.2. The van der Waals surface area contributed by atoms with Gasteiger partial charge in [0.15, 0.2) is 11.5 Å². The van der Waals surface area contributed by atoms with Gasteiger partial charge in [0.1, 0.15) is 16.4 Å². The van der Waals surface area contributed by atoms with Gasteiger partial charge in [-0.25, -0.2) is 8.42 Å². The number of amides is 1. The van der Waals surface area contributed by atoms with Crippen molar-refractivity contribution in [2.75, 3.05) is 46.3 Å². The van der Waals surface area contributed by atoms with Crippen LogP contribution in [0.25, 0.3) is 0 Å². The predicted octanol–water partition coefficient (Wildman–Crippen LogP) is 2.76. The normalized spacial score (nSPS) is 11.2. The van der Waals surface area contributed by atoms with Gasteiger partial charge in [0.05, 0.1) is 34.0 Å². The Bertz CT molecular complexity index is 1010. The van der Waals surface area contributed by atoms with Gasteiger partial charge >= 0.3 is 0 Å². The van der Waals surface area contributed by atoms with Gasteiger partial charge in [-0.15, -0.1) is 0 Å². The van der Waals surface area contributed by atoms with Crippen molar-refractivity contribution < 1.29 is 32.2 Å². The summed E-state index contributed by atoms with van der Waals surface area (Å²) in [5.41, 5.74) is 0.460. The minimum absolute atomic E-state index is 0.0932. The molecule has 2 aromatic rings. The summed E-state index contributed by atoms with van der Waals surface area (Å²) < 4.78 is 48.3. The molecule has 9 nitrogen and oxygen atoms in total. The van der Waals surface area contributed by atoms with E-state index in [1.807, 2.05) is 13.8 Å². The highest BCUT2D eigenvalue weighted by Crippen LogP contribution is 2.31. The van der Waals surface area contributed by atoms with Crippen LogP contribution in [-0.2, 0) is 14.8 Å². The van der Waals surface area contributed by atoms with Crippen molar-refractivity contribution in [1.82, 2.24) is 4.31 Å². The Labute approximate surface area is 182 Å². The van der Waals surface area contributed by atoms with Gasteiger partial charge in [-0.1, -0.05) is 0 Å². The van der Waals surface area contributed by atoms with E-state index in [9.17, 15) is 13.2 Å². The van der Waals surface area contributed by atoms with Crippen LogP contribution < -0.4 is 24.3 Å². The number of sulfonamides is 1. The van der Waals surface area contributed by atoms with Gasteiger partial charge in [-0.3, -0.25) is 4.79 Å². The van der Waals surface area contributed by atoms with Crippen LogP contribution in [0.3, 0.4) is 0 Å². The number of nitrogens with one attached hydrogen (secondary N) is 1. The van der Waals surface area contributed by atoms with Crippen LogP contribution in [0.1, 0.15) is 13.8 Å². The van der Waals surface area contributed by atoms with E-state index in [2.05, 4.69) is 5.32 Å². The zero-order valence-electron chi connectivity index (χ0n) is 18.3. The zero-order chi connectivity index (χ0) is 23.0. The highest BCUT2D eigenvalue weighted by Gasteiger charge is 2.27. The fraction of sp³-hybridized carbons (Fsp3) is 0.381. The van der Waals surface area contributed by atoms with Crippen LogP contribution in [0, 0.1) is 0 Å². The zero-order valence-corrected chi connectivity index (χ0v) is 19.1. The van der Waals surface area contributed by atoms with Crippen molar-refractivity contribution in [3.63, 3.8) is 0 Å². The molecule has 0 saturated carbocycles. The maximum absolute atomic E-state index is 13.0. The predicted molar refractivity (Wildman–Crippen MR) is 117 cm³/mol. The first-order valence-electron chi connectivity index (χ1n) is 9.64. The molecule has 0 heterocycles. The minimum atomic E-state index is -4.01. The van der Waals surface area contributed by atoms with Gasteiger partial charge in [0.2, 0.25) is 15.9 Å². The molecular formula is C21H28N2O7S. The number of likely N-dealkylation sites (N-methyl/N-ethyl adjacent to an activating group) is 1. The first kappa shape index (κ1) is 24.3. The van der Waals surface area contributed by atoms with Crippen molar-refractivity contribution in [2.24, 2.45) is 0 Å². The number of hydrogen-bond donors (Lipinski definition) is 1. The molecule has 2 aromatic carbocycles. The molecule has 0 fully saturated rings. The van der Waals surface area contributed by atoms with Crippen molar-refractivity contribution in [3.05, 3.63) is 36.4 Å². The summed E-state index contributed by atoms with van der Waals surface area (Å²) in [6.45, 7) is 4.20. The van der Waals surface area contributed by atoms with E-state index in [4.69, 9.17) is 18.9 Å². The maximum atomic E-state index is 13.0. The van der Waals surface area contributed by atoms with E-state index < -0.39 is 22.5 Å². The first-order chi connectivity index (χ1) is 14.8. The molecule has 0 unspecified atom stereocenters. The molecule has 0 radical (unpaired) electrons. The molecule has 0 spiro atoms. The molecule has 0 bridgehead atoms. The maximum Gasteiger partial charge on any atom is 0.247 e. The van der Waals surface area contributed by atoms with Gasteiger partial charge in [0.25, 0.3) is 0 Å².